The molecule has 0 saturated heterocycles. The van der Waals surface area contributed by atoms with Crippen LogP contribution in [0.15, 0.2) is 54.7 Å². The van der Waals surface area contributed by atoms with Gasteiger partial charge in [-0.25, -0.2) is 0 Å². The van der Waals surface area contributed by atoms with E-state index in [0.29, 0.717) is 37.1 Å². The van der Waals surface area contributed by atoms with E-state index in [-0.39, 0.29) is 17.9 Å². The number of fused-ring (bicyclic) bond motifs is 1. The minimum Gasteiger partial charge on any atom is -0.490 e. The Bertz CT molecular complexity index is 1200. The summed E-state index contributed by atoms with van der Waals surface area (Å²) in [6.45, 7) is 7.39. The molecule has 3 rings (SSSR count). The molecule has 5 heteroatoms. The zero-order valence-electron chi connectivity index (χ0n) is 27.1. The van der Waals surface area contributed by atoms with Crippen LogP contribution in [0.3, 0.4) is 0 Å². The number of carbonyl (C=O) groups excluding carboxylic acids is 2. The Kier molecular flexibility index (Phi) is 16.0. The van der Waals surface area contributed by atoms with Crippen LogP contribution in [0, 0.1) is 0 Å². The van der Waals surface area contributed by atoms with Crippen LogP contribution >= 0.6 is 0 Å². The van der Waals surface area contributed by atoms with Crippen LogP contribution in [0.25, 0.3) is 10.9 Å². The Morgan fingerprint density at radius 1 is 0.721 bits per heavy atom. The van der Waals surface area contributed by atoms with Gasteiger partial charge in [-0.1, -0.05) is 96.3 Å². The average molecular weight is 590 g/mol. The number of benzene rings is 2. The molecule has 1 aromatic heterocycles. The summed E-state index contributed by atoms with van der Waals surface area (Å²) in [5, 5.41) is 0.932. The van der Waals surface area contributed by atoms with Gasteiger partial charge in [-0.3, -0.25) is 9.59 Å². The lowest BCUT2D eigenvalue weighted by molar-refractivity contribution is -0.143. The van der Waals surface area contributed by atoms with Gasteiger partial charge in [0.2, 0.25) is 0 Å². The highest BCUT2D eigenvalue weighted by molar-refractivity contribution is 6.16. The van der Waals surface area contributed by atoms with Crippen molar-refractivity contribution in [2.75, 3.05) is 6.61 Å². The summed E-state index contributed by atoms with van der Waals surface area (Å²) < 4.78 is 13.7. The van der Waals surface area contributed by atoms with Crippen molar-refractivity contribution < 1.29 is 19.1 Å². The second kappa shape index (κ2) is 20.0. The summed E-state index contributed by atoms with van der Waals surface area (Å²) in [4.78, 5) is 25.4. The van der Waals surface area contributed by atoms with Crippen LogP contribution < -0.4 is 4.74 Å². The number of ether oxygens (including phenoxy) is 2. The van der Waals surface area contributed by atoms with Crippen molar-refractivity contribution in [3.05, 3.63) is 65.9 Å². The molecule has 0 bridgehead atoms. The van der Waals surface area contributed by atoms with Crippen molar-refractivity contribution >= 4 is 22.7 Å². The van der Waals surface area contributed by atoms with Gasteiger partial charge < -0.3 is 14.0 Å². The molecule has 0 atom stereocenters. The Balaban J connectivity index is 1.62. The first kappa shape index (κ1) is 34.4. The minimum atomic E-state index is -0.182. The molecule has 3 aromatic rings. The normalized spacial score (nSPS) is 11.3. The summed E-state index contributed by atoms with van der Waals surface area (Å²) in [6, 6.07) is 15.7. The fraction of sp³-hybridized carbons (Fsp3) is 0.579. The molecule has 0 N–H and O–H groups in total. The molecule has 1 heterocycles. The van der Waals surface area contributed by atoms with Crippen LogP contribution in [0.5, 0.6) is 5.75 Å². The monoisotopic (exact) mass is 589 g/mol. The molecule has 0 fully saturated rings. The second-order valence-electron chi connectivity index (χ2n) is 11.9. The molecule has 0 radical (unpaired) electrons. The van der Waals surface area contributed by atoms with E-state index in [9.17, 15) is 9.59 Å². The third kappa shape index (κ3) is 11.8. The van der Waals surface area contributed by atoms with Gasteiger partial charge in [0.05, 0.1) is 12.7 Å². The van der Waals surface area contributed by atoms with Gasteiger partial charge in [-0.2, -0.15) is 0 Å². The van der Waals surface area contributed by atoms with Crippen LogP contribution in [0.1, 0.15) is 139 Å². The third-order valence-electron chi connectivity index (χ3n) is 8.30. The van der Waals surface area contributed by atoms with Crippen LogP contribution in [-0.2, 0) is 16.1 Å². The zero-order chi connectivity index (χ0) is 30.7. The largest absolute Gasteiger partial charge is 0.490 e. The van der Waals surface area contributed by atoms with Gasteiger partial charge >= 0.3 is 5.97 Å². The fourth-order valence-electron chi connectivity index (χ4n) is 5.84. The van der Waals surface area contributed by atoms with Crippen molar-refractivity contribution in [2.45, 2.75) is 136 Å². The number of para-hydroxylation sites is 1. The van der Waals surface area contributed by atoms with Gasteiger partial charge in [0.15, 0.2) is 5.78 Å². The summed E-state index contributed by atoms with van der Waals surface area (Å²) >= 11 is 0. The lowest BCUT2D eigenvalue weighted by Crippen LogP contribution is -2.16. The Labute approximate surface area is 260 Å². The van der Waals surface area contributed by atoms with E-state index in [2.05, 4.69) is 18.4 Å². The highest BCUT2D eigenvalue weighted by Crippen LogP contribution is 2.26. The van der Waals surface area contributed by atoms with E-state index in [4.69, 9.17) is 9.47 Å². The molecular formula is C38H55NO4. The number of hydrogen-bond donors (Lipinski definition) is 0. The number of hydrogen-bond acceptors (Lipinski definition) is 4. The number of carbonyl (C=O) groups is 2. The predicted molar refractivity (Wildman–Crippen MR) is 178 cm³/mol. The molecule has 0 amide bonds. The van der Waals surface area contributed by atoms with Crippen molar-refractivity contribution in [1.82, 2.24) is 4.57 Å². The highest BCUT2D eigenvalue weighted by atomic mass is 16.5. The second-order valence-corrected chi connectivity index (χ2v) is 11.9. The number of aryl methyl sites for hydroxylation is 1. The molecule has 0 saturated carbocycles. The molecule has 0 aliphatic rings. The summed E-state index contributed by atoms with van der Waals surface area (Å²) in [5.41, 5.74) is 2.34. The lowest BCUT2D eigenvalue weighted by atomic mass is 10.0. The van der Waals surface area contributed by atoms with E-state index in [1.807, 2.05) is 61.7 Å². The molecule has 0 spiro atoms. The average Bonchev–Trinajstić information content (AvgIpc) is 3.39. The van der Waals surface area contributed by atoms with Crippen LogP contribution in [0.2, 0.25) is 0 Å². The molecule has 5 nitrogen and oxygen atoms in total. The maximum Gasteiger partial charge on any atom is 0.305 e. The van der Waals surface area contributed by atoms with E-state index in [0.717, 1.165) is 29.5 Å². The van der Waals surface area contributed by atoms with Crippen LogP contribution in [0.4, 0.5) is 0 Å². The molecular weight excluding hydrogens is 534 g/mol. The van der Waals surface area contributed by atoms with Gasteiger partial charge in [0.1, 0.15) is 5.75 Å². The lowest BCUT2D eigenvalue weighted by Gasteiger charge is -2.19. The number of nitrogens with zero attached hydrogens (tertiary/aromatic N) is 1. The first-order valence-electron chi connectivity index (χ1n) is 17.1. The summed E-state index contributed by atoms with van der Waals surface area (Å²) in [6.07, 6.45) is 20.9. The molecule has 0 aliphatic carbocycles. The predicted octanol–water partition coefficient (Wildman–Crippen LogP) is 10.5. The number of aromatic nitrogens is 1. The van der Waals surface area contributed by atoms with Crippen molar-refractivity contribution in [2.24, 2.45) is 0 Å². The summed E-state index contributed by atoms with van der Waals surface area (Å²) in [7, 11) is 0. The topological polar surface area (TPSA) is 57.5 Å². The van der Waals surface area contributed by atoms with E-state index < -0.39 is 0 Å². The zero-order valence-corrected chi connectivity index (χ0v) is 27.1. The van der Waals surface area contributed by atoms with Crippen LogP contribution in [-0.4, -0.2) is 29.0 Å². The van der Waals surface area contributed by atoms with E-state index >= 15 is 0 Å². The number of unbranched alkanes of at least 4 members (excludes halogenated alkanes) is 10. The van der Waals surface area contributed by atoms with Crippen molar-refractivity contribution in [1.29, 1.82) is 0 Å². The van der Waals surface area contributed by atoms with Crippen molar-refractivity contribution in [3.8, 4) is 5.75 Å². The van der Waals surface area contributed by atoms with Crippen molar-refractivity contribution in [3.63, 3.8) is 0 Å². The fourth-order valence-corrected chi connectivity index (χ4v) is 5.84. The Morgan fingerprint density at radius 3 is 1.95 bits per heavy atom. The number of rotatable bonds is 23. The number of esters is 1. The van der Waals surface area contributed by atoms with Gasteiger partial charge in [0, 0.05) is 41.2 Å². The maximum absolute atomic E-state index is 13.6. The van der Waals surface area contributed by atoms with E-state index in [1.54, 1.807) is 0 Å². The number of ketones is 1. The minimum absolute atomic E-state index is 0.00241. The Hall–Kier alpha value is -3.08. The molecule has 0 aliphatic heterocycles. The third-order valence-corrected chi connectivity index (χ3v) is 8.30. The molecule has 0 unspecified atom stereocenters. The standard InChI is InChI=1S/C38H55NO4/c1-4-7-9-11-13-15-20-32(21-16-14-12-10-8-5-2)43-33-27-25-31(26-28-33)38(41)35-30-39(29-19-24-37(40)42-6-3)36-23-18-17-22-34(35)36/h17-18,22-23,25-28,30,32H,4-16,19-21,24,29H2,1-3H3. The first-order chi connectivity index (χ1) is 21.1. The quantitative estimate of drug-likeness (QED) is 0.0627. The Morgan fingerprint density at radius 2 is 1.33 bits per heavy atom. The van der Waals surface area contributed by atoms with Gasteiger partial charge in [0.25, 0.3) is 0 Å². The SMILES string of the molecule is CCCCCCCCC(CCCCCCCC)Oc1ccc(C(=O)c2cn(CCCC(=O)OCC)c3ccccc23)cc1. The smallest absolute Gasteiger partial charge is 0.305 e. The van der Waals surface area contributed by atoms with Gasteiger partial charge in [-0.15, -0.1) is 0 Å². The molecule has 43 heavy (non-hydrogen) atoms. The van der Waals surface area contributed by atoms with E-state index in [1.165, 1.54) is 77.0 Å². The highest BCUT2D eigenvalue weighted by Gasteiger charge is 2.18. The first-order valence-corrected chi connectivity index (χ1v) is 17.1. The maximum atomic E-state index is 13.6. The molecule has 236 valence electrons. The van der Waals surface area contributed by atoms with Gasteiger partial charge in [-0.05, 0) is 69.4 Å². The summed E-state index contributed by atoms with van der Waals surface area (Å²) in [5.74, 6) is 0.668. The molecule has 2 aromatic carbocycles.